The Bertz CT molecular complexity index is 856. The van der Waals surface area contributed by atoms with E-state index in [1.54, 1.807) is 4.90 Å². The smallest absolute Gasteiger partial charge is 0.249 e. The molecule has 0 bridgehead atoms. The monoisotopic (exact) mass is 395 g/mol. The predicted octanol–water partition coefficient (Wildman–Crippen LogP) is 2.21. The molecule has 2 amide bonds. The lowest BCUT2D eigenvalue weighted by molar-refractivity contribution is -0.132. The zero-order valence-corrected chi connectivity index (χ0v) is 16.1. The minimum Gasteiger partial charge on any atom is -0.457 e. The van der Waals surface area contributed by atoms with Gasteiger partial charge in [-0.15, -0.1) is 0 Å². The lowest BCUT2D eigenvalue weighted by atomic mass is 10.1. The summed E-state index contributed by atoms with van der Waals surface area (Å²) < 4.78 is 11.4. The van der Waals surface area contributed by atoms with Gasteiger partial charge in [0.05, 0.1) is 12.1 Å². The largest absolute Gasteiger partial charge is 0.457 e. The van der Waals surface area contributed by atoms with Crippen LogP contribution in [-0.2, 0) is 14.3 Å². The minimum absolute atomic E-state index is 0.0146. The van der Waals surface area contributed by atoms with Crippen molar-refractivity contribution in [2.75, 3.05) is 18.0 Å². The number of benzene rings is 2. The van der Waals surface area contributed by atoms with E-state index in [-0.39, 0.29) is 30.4 Å². The van der Waals surface area contributed by atoms with Crippen molar-refractivity contribution in [2.24, 2.45) is 5.73 Å². The van der Waals surface area contributed by atoms with Gasteiger partial charge in [0.25, 0.3) is 0 Å². The number of nitrogens with zero attached hydrogens (tertiary/aromatic N) is 1. The first-order valence-corrected chi connectivity index (χ1v) is 9.91. The fraction of sp³-hybridized carbons (Fsp3) is 0.364. The summed E-state index contributed by atoms with van der Waals surface area (Å²) in [5.41, 5.74) is 6.38. The van der Waals surface area contributed by atoms with Gasteiger partial charge in [-0.25, -0.2) is 0 Å². The third kappa shape index (κ3) is 4.58. The molecule has 2 aliphatic rings. The number of amides is 2. The topological polar surface area (TPSA) is 93.9 Å². The minimum atomic E-state index is -0.470. The molecule has 2 fully saturated rings. The molecule has 29 heavy (non-hydrogen) atoms. The fourth-order valence-electron chi connectivity index (χ4n) is 3.74. The van der Waals surface area contributed by atoms with Crippen molar-refractivity contribution in [1.82, 2.24) is 5.32 Å². The van der Waals surface area contributed by atoms with Gasteiger partial charge in [-0.3, -0.25) is 9.59 Å². The number of ether oxygens (including phenoxy) is 2. The molecule has 4 rings (SSSR count). The molecule has 2 heterocycles. The highest BCUT2D eigenvalue weighted by Gasteiger charge is 2.35. The third-order valence-corrected chi connectivity index (χ3v) is 5.26. The molecule has 2 aromatic rings. The summed E-state index contributed by atoms with van der Waals surface area (Å²) >= 11 is 0. The molecule has 2 aliphatic heterocycles. The second-order valence-corrected chi connectivity index (χ2v) is 7.38. The summed E-state index contributed by atoms with van der Waals surface area (Å²) in [4.78, 5) is 26.6. The van der Waals surface area contributed by atoms with Gasteiger partial charge in [0.1, 0.15) is 17.6 Å². The van der Waals surface area contributed by atoms with Gasteiger partial charge in [0.15, 0.2) is 0 Å². The highest BCUT2D eigenvalue weighted by Crippen LogP contribution is 2.27. The molecule has 0 saturated carbocycles. The van der Waals surface area contributed by atoms with Crippen LogP contribution in [0, 0.1) is 0 Å². The zero-order chi connectivity index (χ0) is 20.2. The highest BCUT2D eigenvalue weighted by atomic mass is 16.5. The number of para-hydroxylation sites is 1. The lowest BCUT2D eigenvalue weighted by Gasteiger charge is -2.19. The fourth-order valence-corrected chi connectivity index (χ4v) is 3.74. The summed E-state index contributed by atoms with van der Waals surface area (Å²) in [6.45, 7) is 0.861. The molecule has 3 atom stereocenters. The van der Waals surface area contributed by atoms with Crippen LogP contribution in [0.4, 0.5) is 5.69 Å². The maximum atomic E-state index is 12.5. The Morgan fingerprint density at radius 3 is 2.52 bits per heavy atom. The van der Waals surface area contributed by atoms with Crippen molar-refractivity contribution in [3.05, 3.63) is 54.6 Å². The Morgan fingerprint density at radius 1 is 1.10 bits per heavy atom. The van der Waals surface area contributed by atoms with E-state index in [2.05, 4.69) is 5.32 Å². The standard InChI is InChI=1S/C22H25N3O4/c23-13-19-10-11-20(29-19)22(27)24-15-12-21(26)25(14-15)16-6-8-18(9-7-16)28-17-4-2-1-3-5-17/h1-9,15,19-20H,10-14,23H2,(H,24,27)/t15?,19-,20+/m1/s1. The van der Waals surface area contributed by atoms with Crippen molar-refractivity contribution in [2.45, 2.75) is 37.5 Å². The summed E-state index contributed by atoms with van der Waals surface area (Å²) in [5.74, 6) is 1.28. The van der Waals surface area contributed by atoms with Crippen molar-refractivity contribution in [3.63, 3.8) is 0 Å². The number of hydrogen-bond acceptors (Lipinski definition) is 5. The van der Waals surface area contributed by atoms with E-state index in [1.807, 2.05) is 54.6 Å². The second kappa shape index (κ2) is 8.63. The van der Waals surface area contributed by atoms with Crippen LogP contribution in [0.1, 0.15) is 19.3 Å². The number of carbonyl (C=O) groups excluding carboxylic acids is 2. The Labute approximate surface area is 169 Å². The van der Waals surface area contributed by atoms with Gasteiger partial charge in [-0.1, -0.05) is 18.2 Å². The van der Waals surface area contributed by atoms with Crippen LogP contribution < -0.4 is 20.7 Å². The van der Waals surface area contributed by atoms with E-state index in [4.69, 9.17) is 15.2 Å². The summed E-state index contributed by atoms with van der Waals surface area (Å²) in [6.07, 6.45) is 1.22. The maximum absolute atomic E-state index is 12.5. The Hall–Kier alpha value is -2.90. The molecule has 0 radical (unpaired) electrons. The average molecular weight is 395 g/mol. The Morgan fingerprint density at radius 2 is 1.83 bits per heavy atom. The number of carbonyl (C=O) groups is 2. The molecule has 3 N–H and O–H groups in total. The number of nitrogens with two attached hydrogens (primary N) is 1. The zero-order valence-electron chi connectivity index (χ0n) is 16.1. The quantitative estimate of drug-likeness (QED) is 0.782. The number of rotatable bonds is 6. The maximum Gasteiger partial charge on any atom is 0.249 e. The van der Waals surface area contributed by atoms with E-state index < -0.39 is 6.10 Å². The molecule has 2 aromatic carbocycles. The van der Waals surface area contributed by atoms with Crippen molar-refractivity contribution in [1.29, 1.82) is 0 Å². The molecule has 0 spiro atoms. The van der Waals surface area contributed by atoms with Crippen molar-refractivity contribution in [3.8, 4) is 11.5 Å². The van der Waals surface area contributed by atoms with Gasteiger partial charge in [0.2, 0.25) is 11.8 Å². The van der Waals surface area contributed by atoms with Crippen LogP contribution in [0.25, 0.3) is 0 Å². The van der Waals surface area contributed by atoms with Gasteiger partial charge in [-0.05, 0) is 49.2 Å². The van der Waals surface area contributed by atoms with Crippen LogP contribution >= 0.6 is 0 Å². The molecule has 152 valence electrons. The molecular weight excluding hydrogens is 370 g/mol. The van der Waals surface area contributed by atoms with E-state index in [1.165, 1.54) is 0 Å². The van der Waals surface area contributed by atoms with Crippen LogP contribution in [0.3, 0.4) is 0 Å². The highest BCUT2D eigenvalue weighted by molar-refractivity contribution is 5.97. The van der Waals surface area contributed by atoms with E-state index >= 15 is 0 Å². The molecule has 0 aromatic heterocycles. The van der Waals surface area contributed by atoms with Gasteiger partial charge >= 0.3 is 0 Å². The van der Waals surface area contributed by atoms with Crippen LogP contribution in [-0.4, -0.2) is 43.2 Å². The van der Waals surface area contributed by atoms with Gasteiger partial charge in [0, 0.05) is 25.2 Å². The molecule has 0 aliphatic carbocycles. The summed E-state index contributed by atoms with van der Waals surface area (Å²) in [6, 6.07) is 16.7. The van der Waals surface area contributed by atoms with Crippen molar-refractivity contribution >= 4 is 17.5 Å². The number of hydrogen-bond donors (Lipinski definition) is 2. The van der Waals surface area contributed by atoms with E-state index in [0.29, 0.717) is 25.3 Å². The molecule has 7 nitrogen and oxygen atoms in total. The third-order valence-electron chi connectivity index (χ3n) is 5.26. The molecule has 7 heteroatoms. The second-order valence-electron chi connectivity index (χ2n) is 7.38. The first-order valence-electron chi connectivity index (χ1n) is 9.91. The van der Waals surface area contributed by atoms with Crippen molar-refractivity contribution < 1.29 is 19.1 Å². The lowest BCUT2D eigenvalue weighted by Crippen LogP contribution is -2.43. The van der Waals surface area contributed by atoms with Crippen LogP contribution in [0.2, 0.25) is 0 Å². The van der Waals surface area contributed by atoms with Crippen LogP contribution in [0.15, 0.2) is 54.6 Å². The first kappa shape index (κ1) is 19.4. The van der Waals surface area contributed by atoms with E-state index in [9.17, 15) is 9.59 Å². The average Bonchev–Trinajstić information content (AvgIpc) is 3.36. The predicted molar refractivity (Wildman–Crippen MR) is 109 cm³/mol. The van der Waals surface area contributed by atoms with Crippen LogP contribution in [0.5, 0.6) is 11.5 Å². The first-order chi connectivity index (χ1) is 14.1. The van der Waals surface area contributed by atoms with Gasteiger partial charge < -0.3 is 25.4 Å². The summed E-state index contributed by atoms with van der Waals surface area (Å²) in [5, 5.41) is 2.95. The Balaban J connectivity index is 1.33. The van der Waals surface area contributed by atoms with Gasteiger partial charge in [-0.2, -0.15) is 0 Å². The summed E-state index contributed by atoms with van der Waals surface area (Å²) in [7, 11) is 0. The van der Waals surface area contributed by atoms with E-state index in [0.717, 1.165) is 17.9 Å². The number of anilines is 1. The number of nitrogens with one attached hydrogen (secondary N) is 1. The molecular formula is C22H25N3O4. The molecule has 1 unspecified atom stereocenters. The Kier molecular flexibility index (Phi) is 5.78. The normalized spacial score (nSPS) is 24.0. The SMILES string of the molecule is NC[C@H]1CC[C@@H](C(=O)NC2CC(=O)N(c3ccc(Oc4ccccc4)cc3)C2)O1. The molecule has 2 saturated heterocycles.